The minimum absolute atomic E-state index is 0.0417. The van der Waals surface area contributed by atoms with Gasteiger partial charge in [0, 0.05) is 11.8 Å². The van der Waals surface area contributed by atoms with E-state index in [0.29, 0.717) is 11.5 Å². The van der Waals surface area contributed by atoms with Crippen molar-refractivity contribution in [1.82, 2.24) is 0 Å². The zero-order valence-corrected chi connectivity index (χ0v) is 13.4. The van der Waals surface area contributed by atoms with Crippen molar-refractivity contribution in [2.75, 3.05) is 19.0 Å². The molecule has 0 radical (unpaired) electrons. The molecule has 0 aliphatic rings. The van der Waals surface area contributed by atoms with Crippen LogP contribution >= 0.6 is 0 Å². The van der Waals surface area contributed by atoms with Crippen LogP contribution in [-0.4, -0.2) is 19.6 Å². The van der Waals surface area contributed by atoms with Gasteiger partial charge in [-0.05, 0) is 44.0 Å². The Bertz CT molecular complexity index is 657. The van der Waals surface area contributed by atoms with Gasteiger partial charge in [0.05, 0.1) is 7.11 Å². The van der Waals surface area contributed by atoms with Gasteiger partial charge >= 0.3 is 0 Å². The van der Waals surface area contributed by atoms with Gasteiger partial charge in [0.2, 0.25) is 0 Å². The summed E-state index contributed by atoms with van der Waals surface area (Å²) < 4.78 is 10.6. The number of ether oxygens (including phenoxy) is 2. The van der Waals surface area contributed by atoms with Crippen molar-refractivity contribution >= 4 is 11.6 Å². The highest BCUT2D eigenvalue weighted by atomic mass is 16.5. The van der Waals surface area contributed by atoms with E-state index in [9.17, 15) is 4.79 Å². The van der Waals surface area contributed by atoms with Crippen LogP contribution in [0.4, 0.5) is 5.69 Å². The molecule has 2 rings (SSSR count). The number of hydrogen-bond acceptors (Lipinski definition) is 3. The van der Waals surface area contributed by atoms with Crippen LogP contribution in [0.3, 0.4) is 0 Å². The average molecular weight is 299 g/mol. The second kappa shape index (κ2) is 6.98. The highest BCUT2D eigenvalue weighted by Crippen LogP contribution is 2.22. The van der Waals surface area contributed by atoms with Crippen molar-refractivity contribution in [2.24, 2.45) is 0 Å². The molecule has 0 aromatic heterocycles. The molecule has 0 unspecified atom stereocenters. The lowest BCUT2D eigenvalue weighted by Gasteiger charge is -2.13. The summed E-state index contributed by atoms with van der Waals surface area (Å²) >= 11 is 0. The number of methoxy groups -OCH3 is 1. The molecule has 0 aliphatic heterocycles. The third-order valence-electron chi connectivity index (χ3n) is 3.35. The second-order valence-electron chi connectivity index (χ2n) is 5.29. The van der Waals surface area contributed by atoms with Crippen molar-refractivity contribution in [3.05, 3.63) is 53.1 Å². The first-order valence-electron chi connectivity index (χ1n) is 7.14. The summed E-state index contributed by atoms with van der Waals surface area (Å²) in [5.41, 5.74) is 4.13. The lowest BCUT2D eigenvalue weighted by atomic mass is 10.1. The average Bonchev–Trinajstić information content (AvgIpc) is 2.49. The zero-order valence-electron chi connectivity index (χ0n) is 13.4. The van der Waals surface area contributed by atoms with Gasteiger partial charge in [0.25, 0.3) is 5.91 Å². The van der Waals surface area contributed by atoms with E-state index in [1.54, 1.807) is 19.2 Å². The molecule has 4 nitrogen and oxygen atoms in total. The fourth-order valence-corrected chi connectivity index (χ4v) is 2.39. The molecule has 0 atom stereocenters. The number of anilines is 1. The van der Waals surface area contributed by atoms with E-state index >= 15 is 0 Å². The Kier molecular flexibility index (Phi) is 5.04. The quantitative estimate of drug-likeness (QED) is 0.917. The molecule has 0 aliphatic carbocycles. The number of nitrogens with one attached hydrogen (secondary N) is 1. The monoisotopic (exact) mass is 299 g/mol. The lowest BCUT2D eigenvalue weighted by Crippen LogP contribution is -2.21. The molecule has 22 heavy (non-hydrogen) atoms. The second-order valence-corrected chi connectivity index (χ2v) is 5.29. The summed E-state index contributed by atoms with van der Waals surface area (Å²) in [6.45, 7) is 5.97. The Balaban J connectivity index is 1.99. The van der Waals surface area contributed by atoms with E-state index in [1.165, 1.54) is 5.56 Å². The molecular formula is C18H21NO3. The van der Waals surface area contributed by atoms with Gasteiger partial charge in [0.15, 0.2) is 6.61 Å². The topological polar surface area (TPSA) is 47.6 Å². The highest BCUT2D eigenvalue weighted by molar-refractivity contribution is 5.93. The fraction of sp³-hybridized carbons (Fsp3) is 0.278. The maximum Gasteiger partial charge on any atom is 0.262 e. The van der Waals surface area contributed by atoms with Crippen molar-refractivity contribution in [3.8, 4) is 11.5 Å². The summed E-state index contributed by atoms with van der Waals surface area (Å²) in [6.07, 6.45) is 0. The van der Waals surface area contributed by atoms with E-state index in [0.717, 1.165) is 16.8 Å². The van der Waals surface area contributed by atoms with Crippen molar-refractivity contribution in [3.63, 3.8) is 0 Å². The summed E-state index contributed by atoms with van der Waals surface area (Å²) in [4.78, 5) is 12.1. The number of carbonyl (C=O) groups excluding carboxylic acids is 1. The maximum atomic E-state index is 12.1. The third-order valence-corrected chi connectivity index (χ3v) is 3.35. The first-order chi connectivity index (χ1) is 10.5. The fourth-order valence-electron chi connectivity index (χ4n) is 2.39. The molecule has 116 valence electrons. The first kappa shape index (κ1) is 15.9. The molecule has 0 bridgehead atoms. The Labute approximate surface area is 131 Å². The Morgan fingerprint density at radius 1 is 1.05 bits per heavy atom. The molecule has 1 N–H and O–H groups in total. The van der Waals surface area contributed by atoms with Crippen molar-refractivity contribution in [1.29, 1.82) is 0 Å². The molecule has 2 aromatic carbocycles. The Morgan fingerprint density at radius 2 is 1.68 bits per heavy atom. The van der Waals surface area contributed by atoms with Crippen LogP contribution in [0.15, 0.2) is 36.4 Å². The van der Waals surface area contributed by atoms with Gasteiger partial charge in [-0.25, -0.2) is 0 Å². The van der Waals surface area contributed by atoms with Gasteiger partial charge in [0.1, 0.15) is 11.5 Å². The Hall–Kier alpha value is -2.49. The zero-order chi connectivity index (χ0) is 16.1. The normalized spacial score (nSPS) is 10.2. The predicted molar refractivity (Wildman–Crippen MR) is 87.8 cm³/mol. The minimum Gasteiger partial charge on any atom is -0.497 e. The van der Waals surface area contributed by atoms with Crippen LogP contribution in [0.2, 0.25) is 0 Å². The number of benzene rings is 2. The van der Waals surface area contributed by atoms with Crippen LogP contribution in [-0.2, 0) is 4.79 Å². The van der Waals surface area contributed by atoms with Crippen LogP contribution in [0.25, 0.3) is 0 Å². The van der Waals surface area contributed by atoms with Gasteiger partial charge in [-0.3, -0.25) is 4.79 Å². The van der Waals surface area contributed by atoms with Gasteiger partial charge in [-0.1, -0.05) is 23.8 Å². The largest absolute Gasteiger partial charge is 0.497 e. The van der Waals surface area contributed by atoms with Gasteiger partial charge in [-0.2, -0.15) is 0 Å². The van der Waals surface area contributed by atoms with E-state index in [1.807, 2.05) is 45.0 Å². The molecule has 0 saturated heterocycles. The SMILES string of the molecule is COc1cccc(OCC(=O)Nc2c(C)cc(C)cc2C)c1. The molecule has 4 heteroatoms. The summed E-state index contributed by atoms with van der Waals surface area (Å²) in [5, 5.41) is 2.91. The van der Waals surface area contributed by atoms with Crippen molar-refractivity contribution in [2.45, 2.75) is 20.8 Å². The van der Waals surface area contributed by atoms with Crippen molar-refractivity contribution < 1.29 is 14.3 Å². The smallest absolute Gasteiger partial charge is 0.262 e. The van der Waals surface area contributed by atoms with E-state index in [4.69, 9.17) is 9.47 Å². The van der Waals surface area contributed by atoms with Crippen LogP contribution in [0.1, 0.15) is 16.7 Å². The number of amides is 1. The summed E-state index contributed by atoms with van der Waals surface area (Å²) in [7, 11) is 1.59. The van der Waals surface area contributed by atoms with Gasteiger partial charge < -0.3 is 14.8 Å². The number of aryl methyl sites for hydroxylation is 3. The molecule has 0 saturated carbocycles. The number of carbonyl (C=O) groups is 1. The molecule has 2 aromatic rings. The summed E-state index contributed by atoms with van der Waals surface area (Å²) in [6, 6.07) is 11.3. The molecule has 0 fully saturated rings. The predicted octanol–water partition coefficient (Wildman–Crippen LogP) is 3.64. The first-order valence-corrected chi connectivity index (χ1v) is 7.14. The van der Waals surface area contributed by atoms with E-state index < -0.39 is 0 Å². The maximum absolute atomic E-state index is 12.1. The third kappa shape index (κ3) is 4.01. The standard InChI is InChI=1S/C18H21NO3/c1-12-8-13(2)18(14(3)9-12)19-17(20)11-22-16-7-5-6-15(10-16)21-4/h5-10H,11H2,1-4H3,(H,19,20). The number of hydrogen-bond donors (Lipinski definition) is 1. The van der Waals surface area contributed by atoms with Crippen LogP contribution < -0.4 is 14.8 Å². The molecular weight excluding hydrogens is 278 g/mol. The lowest BCUT2D eigenvalue weighted by molar-refractivity contribution is -0.118. The van der Waals surface area contributed by atoms with E-state index in [2.05, 4.69) is 5.32 Å². The number of rotatable bonds is 5. The Morgan fingerprint density at radius 3 is 2.32 bits per heavy atom. The van der Waals surface area contributed by atoms with Crippen LogP contribution in [0, 0.1) is 20.8 Å². The van der Waals surface area contributed by atoms with Gasteiger partial charge in [-0.15, -0.1) is 0 Å². The van der Waals surface area contributed by atoms with Crippen LogP contribution in [0.5, 0.6) is 11.5 Å². The summed E-state index contributed by atoms with van der Waals surface area (Å²) in [5.74, 6) is 1.12. The minimum atomic E-state index is -0.183. The highest BCUT2D eigenvalue weighted by Gasteiger charge is 2.09. The molecule has 0 heterocycles. The molecule has 0 spiro atoms. The van der Waals surface area contributed by atoms with E-state index in [-0.39, 0.29) is 12.5 Å². The molecule has 1 amide bonds.